The summed E-state index contributed by atoms with van der Waals surface area (Å²) >= 11 is 1.09. The number of benzene rings is 1. The first-order chi connectivity index (χ1) is 11.9. The summed E-state index contributed by atoms with van der Waals surface area (Å²) in [4.78, 5) is 12.7. The number of halogens is 1. The third-order valence-electron chi connectivity index (χ3n) is 4.21. The Kier molecular flexibility index (Phi) is 5.21. The van der Waals surface area contributed by atoms with Crippen molar-refractivity contribution in [3.05, 3.63) is 51.5 Å². The highest BCUT2D eigenvalue weighted by Gasteiger charge is 2.31. The summed E-state index contributed by atoms with van der Waals surface area (Å²) in [5.74, 6) is -0.797. The van der Waals surface area contributed by atoms with Gasteiger partial charge in [0, 0.05) is 19.6 Å². The Hall–Kier alpha value is -1.77. The molecule has 2 heterocycles. The van der Waals surface area contributed by atoms with Crippen molar-refractivity contribution in [1.82, 2.24) is 9.62 Å². The molecule has 5 nitrogen and oxygen atoms in total. The zero-order valence-corrected chi connectivity index (χ0v) is 15.4. The van der Waals surface area contributed by atoms with E-state index >= 15 is 0 Å². The lowest BCUT2D eigenvalue weighted by molar-refractivity contribution is 0.0952. The predicted molar refractivity (Wildman–Crippen MR) is 94.6 cm³/mol. The number of hydrogen-bond donors (Lipinski definition) is 1. The van der Waals surface area contributed by atoms with E-state index in [1.54, 1.807) is 24.4 Å². The van der Waals surface area contributed by atoms with E-state index in [0.717, 1.165) is 24.2 Å². The molecular formula is C17H19FN2O3S2. The van der Waals surface area contributed by atoms with Gasteiger partial charge in [-0.2, -0.15) is 4.31 Å². The summed E-state index contributed by atoms with van der Waals surface area (Å²) in [6.45, 7) is 2.78. The third-order valence-corrected chi connectivity index (χ3v) is 7.19. The molecule has 0 aliphatic carbocycles. The van der Waals surface area contributed by atoms with Gasteiger partial charge in [-0.05, 0) is 48.4 Å². The maximum atomic E-state index is 13.6. The van der Waals surface area contributed by atoms with Gasteiger partial charge in [0.1, 0.15) is 15.6 Å². The van der Waals surface area contributed by atoms with Crippen LogP contribution < -0.4 is 5.32 Å². The molecule has 0 unspecified atom stereocenters. The maximum absolute atomic E-state index is 13.6. The predicted octanol–water partition coefficient (Wildman–Crippen LogP) is 2.91. The van der Waals surface area contributed by atoms with Crippen LogP contribution in [0.1, 0.15) is 33.6 Å². The smallest absolute Gasteiger partial charge is 0.263 e. The highest BCUT2D eigenvalue weighted by molar-refractivity contribution is 7.89. The Labute approximate surface area is 150 Å². The Morgan fingerprint density at radius 1 is 1.28 bits per heavy atom. The van der Waals surface area contributed by atoms with Crippen LogP contribution in [0.3, 0.4) is 0 Å². The Morgan fingerprint density at radius 3 is 2.68 bits per heavy atom. The molecule has 1 aliphatic rings. The second-order valence-corrected chi connectivity index (χ2v) is 8.81. The second kappa shape index (κ2) is 7.23. The average molecular weight is 382 g/mol. The maximum Gasteiger partial charge on any atom is 0.263 e. The highest BCUT2D eigenvalue weighted by atomic mass is 32.2. The van der Waals surface area contributed by atoms with E-state index < -0.39 is 15.9 Å². The van der Waals surface area contributed by atoms with Crippen LogP contribution in [0.2, 0.25) is 0 Å². The van der Waals surface area contributed by atoms with Crippen LogP contribution in [0, 0.1) is 12.7 Å². The standard InChI is InChI=1S/C17H19FN2O3S2/c1-12-4-5-13(10-14(12)18)11-19-17(21)16-15(6-9-24-16)25(22,23)20-7-2-3-8-20/h4-6,9-10H,2-3,7-8,11H2,1H3,(H,19,21). The number of aryl methyl sites for hydroxylation is 1. The summed E-state index contributed by atoms with van der Waals surface area (Å²) in [5, 5.41) is 4.27. The number of nitrogens with one attached hydrogen (secondary N) is 1. The van der Waals surface area contributed by atoms with E-state index in [-0.39, 0.29) is 22.1 Å². The van der Waals surface area contributed by atoms with Crippen LogP contribution in [0.25, 0.3) is 0 Å². The van der Waals surface area contributed by atoms with Gasteiger partial charge in [-0.3, -0.25) is 4.79 Å². The number of carbonyl (C=O) groups is 1. The van der Waals surface area contributed by atoms with Gasteiger partial charge < -0.3 is 5.32 Å². The molecule has 1 amide bonds. The Bertz CT molecular complexity index is 887. The van der Waals surface area contributed by atoms with E-state index in [1.165, 1.54) is 16.4 Å². The topological polar surface area (TPSA) is 66.5 Å². The number of carbonyl (C=O) groups excluding carboxylic acids is 1. The molecule has 0 spiro atoms. The van der Waals surface area contributed by atoms with E-state index in [0.29, 0.717) is 24.2 Å². The van der Waals surface area contributed by atoms with Crippen LogP contribution in [-0.4, -0.2) is 31.7 Å². The molecular weight excluding hydrogens is 363 g/mol. The number of amides is 1. The monoisotopic (exact) mass is 382 g/mol. The van der Waals surface area contributed by atoms with Crippen LogP contribution >= 0.6 is 11.3 Å². The Balaban J connectivity index is 1.75. The van der Waals surface area contributed by atoms with Crippen molar-refractivity contribution in [2.75, 3.05) is 13.1 Å². The first-order valence-corrected chi connectivity index (χ1v) is 10.3. The molecule has 0 saturated carbocycles. The minimum absolute atomic E-state index is 0.0481. The second-order valence-electron chi connectivity index (χ2n) is 5.99. The van der Waals surface area contributed by atoms with Crippen LogP contribution in [0.5, 0.6) is 0 Å². The van der Waals surface area contributed by atoms with E-state index in [2.05, 4.69) is 5.32 Å². The fourth-order valence-electron chi connectivity index (χ4n) is 2.74. The molecule has 1 aliphatic heterocycles. The summed E-state index contributed by atoms with van der Waals surface area (Å²) in [6.07, 6.45) is 1.67. The molecule has 2 aromatic rings. The normalized spacial score (nSPS) is 15.4. The van der Waals surface area contributed by atoms with Gasteiger partial charge >= 0.3 is 0 Å². The number of thiophene rings is 1. The van der Waals surface area contributed by atoms with Crippen molar-refractivity contribution in [3.63, 3.8) is 0 Å². The number of hydrogen-bond acceptors (Lipinski definition) is 4. The van der Waals surface area contributed by atoms with Crippen molar-refractivity contribution in [2.24, 2.45) is 0 Å². The highest BCUT2D eigenvalue weighted by Crippen LogP contribution is 2.27. The number of rotatable bonds is 5. The molecule has 1 aromatic heterocycles. The van der Waals surface area contributed by atoms with Gasteiger partial charge in [0.15, 0.2) is 0 Å². The van der Waals surface area contributed by atoms with Crippen molar-refractivity contribution in [2.45, 2.75) is 31.2 Å². The minimum Gasteiger partial charge on any atom is -0.347 e. The van der Waals surface area contributed by atoms with Crippen LogP contribution in [0.15, 0.2) is 34.5 Å². The van der Waals surface area contributed by atoms with Gasteiger partial charge in [0.25, 0.3) is 5.91 Å². The lowest BCUT2D eigenvalue weighted by atomic mass is 10.1. The molecule has 3 rings (SSSR count). The van der Waals surface area contributed by atoms with E-state index in [4.69, 9.17) is 0 Å². The third kappa shape index (κ3) is 3.75. The lowest BCUT2D eigenvalue weighted by Crippen LogP contribution is -2.30. The molecule has 25 heavy (non-hydrogen) atoms. The van der Waals surface area contributed by atoms with Gasteiger partial charge in [-0.25, -0.2) is 12.8 Å². The number of nitrogens with zero attached hydrogens (tertiary/aromatic N) is 1. The first kappa shape index (κ1) is 18.0. The summed E-state index contributed by atoms with van der Waals surface area (Å²) in [6, 6.07) is 6.21. The molecule has 1 N–H and O–H groups in total. The van der Waals surface area contributed by atoms with E-state index in [9.17, 15) is 17.6 Å². The molecule has 0 bridgehead atoms. The van der Waals surface area contributed by atoms with Crippen molar-refractivity contribution in [3.8, 4) is 0 Å². The molecule has 0 radical (unpaired) electrons. The zero-order chi connectivity index (χ0) is 18.0. The summed E-state index contributed by atoms with van der Waals surface area (Å²) in [7, 11) is -3.64. The largest absolute Gasteiger partial charge is 0.347 e. The van der Waals surface area contributed by atoms with Gasteiger partial charge in [0.2, 0.25) is 10.0 Å². The first-order valence-electron chi connectivity index (χ1n) is 8.00. The number of sulfonamides is 1. The molecule has 1 saturated heterocycles. The van der Waals surface area contributed by atoms with Crippen molar-refractivity contribution in [1.29, 1.82) is 0 Å². The summed E-state index contributed by atoms with van der Waals surface area (Å²) < 4.78 is 40.4. The molecule has 134 valence electrons. The summed E-state index contributed by atoms with van der Waals surface area (Å²) in [5.41, 5.74) is 1.16. The minimum atomic E-state index is -3.64. The van der Waals surface area contributed by atoms with Crippen molar-refractivity contribution >= 4 is 27.3 Å². The van der Waals surface area contributed by atoms with Crippen molar-refractivity contribution < 1.29 is 17.6 Å². The SMILES string of the molecule is Cc1ccc(CNC(=O)c2sccc2S(=O)(=O)N2CCCC2)cc1F. The molecule has 1 aromatic carbocycles. The Morgan fingerprint density at radius 2 is 2.00 bits per heavy atom. The average Bonchev–Trinajstić information content (AvgIpc) is 3.27. The van der Waals surface area contributed by atoms with Gasteiger partial charge in [-0.1, -0.05) is 12.1 Å². The zero-order valence-electron chi connectivity index (χ0n) is 13.8. The van der Waals surface area contributed by atoms with Gasteiger partial charge in [-0.15, -0.1) is 11.3 Å². The van der Waals surface area contributed by atoms with Gasteiger partial charge in [0.05, 0.1) is 0 Å². The molecule has 1 fully saturated rings. The fraction of sp³-hybridized carbons (Fsp3) is 0.353. The van der Waals surface area contributed by atoms with Crippen LogP contribution in [0.4, 0.5) is 4.39 Å². The quantitative estimate of drug-likeness (QED) is 0.865. The fourth-order valence-corrected chi connectivity index (χ4v) is 5.58. The molecule has 8 heteroatoms. The molecule has 0 atom stereocenters. The van der Waals surface area contributed by atoms with Crippen LogP contribution in [-0.2, 0) is 16.6 Å². The van der Waals surface area contributed by atoms with E-state index in [1.807, 2.05) is 0 Å². The lowest BCUT2D eigenvalue weighted by Gasteiger charge is -2.15.